The van der Waals surface area contributed by atoms with Gasteiger partial charge in [-0.2, -0.15) is 11.8 Å². The lowest BCUT2D eigenvalue weighted by Crippen LogP contribution is -2.17. The van der Waals surface area contributed by atoms with Crippen LogP contribution < -0.4 is 0 Å². The monoisotopic (exact) mass is 353 g/mol. The van der Waals surface area contributed by atoms with Crippen molar-refractivity contribution < 1.29 is 4.79 Å². The predicted molar refractivity (Wildman–Crippen MR) is 85.3 cm³/mol. The molecule has 1 atom stereocenters. The van der Waals surface area contributed by atoms with E-state index in [1.165, 1.54) is 0 Å². The van der Waals surface area contributed by atoms with Crippen molar-refractivity contribution in [3.63, 3.8) is 0 Å². The number of carbonyl (C=O) groups is 1. The van der Waals surface area contributed by atoms with Crippen LogP contribution in [0.1, 0.15) is 35.9 Å². The molecule has 20 heavy (non-hydrogen) atoms. The molecule has 0 fully saturated rings. The van der Waals surface area contributed by atoms with E-state index in [1.807, 2.05) is 44.2 Å². The third kappa shape index (κ3) is 3.30. The molecular weight excluding hydrogens is 338 g/mol. The summed E-state index contributed by atoms with van der Waals surface area (Å²) in [4.78, 5) is 12.3. The van der Waals surface area contributed by atoms with Crippen molar-refractivity contribution in [2.45, 2.75) is 19.9 Å². The SMILES string of the molecule is CCSCC(=O)c1c(Br)nnn1[C@H](C)c1ccccc1. The number of nitrogens with zero attached hydrogens (tertiary/aromatic N) is 3. The summed E-state index contributed by atoms with van der Waals surface area (Å²) in [5.41, 5.74) is 1.64. The summed E-state index contributed by atoms with van der Waals surface area (Å²) < 4.78 is 2.21. The van der Waals surface area contributed by atoms with Crippen molar-refractivity contribution in [1.82, 2.24) is 15.0 Å². The topological polar surface area (TPSA) is 47.8 Å². The zero-order valence-electron chi connectivity index (χ0n) is 11.4. The lowest BCUT2D eigenvalue weighted by Gasteiger charge is -2.14. The maximum atomic E-state index is 12.3. The predicted octanol–water partition coefficient (Wildman–Crippen LogP) is 3.59. The summed E-state index contributed by atoms with van der Waals surface area (Å²) in [6, 6.07) is 9.95. The number of ketones is 1. The standard InChI is InChI=1S/C14H16BrN3OS/c1-3-20-9-12(19)13-14(15)16-17-18(13)10(2)11-7-5-4-6-8-11/h4-8,10H,3,9H2,1-2H3/t10-/m1/s1. The highest BCUT2D eigenvalue weighted by Gasteiger charge is 2.22. The molecule has 2 aromatic rings. The summed E-state index contributed by atoms with van der Waals surface area (Å²) >= 11 is 4.93. The zero-order valence-corrected chi connectivity index (χ0v) is 13.8. The number of halogens is 1. The van der Waals surface area contributed by atoms with Crippen molar-refractivity contribution in [3.05, 3.63) is 46.2 Å². The molecule has 6 heteroatoms. The first kappa shape index (κ1) is 15.3. The third-order valence-electron chi connectivity index (χ3n) is 3.00. The lowest BCUT2D eigenvalue weighted by atomic mass is 10.1. The van der Waals surface area contributed by atoms with E-state index < -0.39 is 0 Å². The molecule has 0 spiro atoms. The van der Waals surface area contributed by atoms with E-state index in [4.69, 9.17) is 0 Å². The van der Waals surface area contributed by atoms with E-state index in [9.17, 15) is 4.79 Å². The average Bonchev–Trinajstić information content (AvgIpc) is 2.86. The highest BCUT2D eigenvalue weighted by Crippen LogP contribution is 2.23. The second kappa shape index (κ2) is 7.04. The molecule has 0 amide bonds. The molecule has 4 nitrogen and oxygen atoms in total. The molecule has 2 rings (SSSR count). The van der Waals surface area contributed by atoms with Crippen LogP contribution in [0.25, 0.3) is 0 Å². The van der Waals surface area contributed by atoms with E-state index in [0.717, 1.165) is 11.3 Å². The molecule has 0 aliphatic rings. The molecule has 0 saturated carbocycles. The molecule has 0 aliphatic carbocycles. The number of hydrogen-bond donors (Lipinski definition) is 0. The number of rotatable bonds is 6. The molecule has 1 aromatic carbocycles. The normalized spacial score (nSPS) is 12.3. The van der Waals surface area contributed by atoms with Crippen LogP contribution in [0.15, 0.2) is 34.9 Å². The summed E-state index contributed by atoms with van der Waals surface area (Å²) in [5, 5.41) is 8.10. The molecule has 1 heterocycles. The molecule has 0 N–H and O–H groups in total. The molecule has 0 bridgehead atoms. The van der Waals surface area contributed by atoms with Gasteiger partial charge in [-0.3, -0.25) is 4.79 Å². The second-order valence-corrected chi connectivity index (χ2v) is 6.35. The van der Waals surface area contributed by atoms with E-state index in [0.29, 0.717) is 16.0 Å². The van der Waals surface area contributed by atoms with Gasteiger partial charge in [-0.1, -0.05) is 42.5 Å². The van der Waals surface area contributed by atoms with E-state index >= 15 is 0 Å². The average molecular weight is 354 g/mol. The van der Waals surface area contributed by atoms with Crippen molar-refractivity contribution in [2.24, 2.45) is 0 Å². The Hall–Kier alpha value is -1.14. The van der Waals surface area contributed by atoms with Crippen LogP contribution >= 0.6 is 27.7 Å². The molecule has 0 saturated heterocycles. The molecule has 0 radical (unpaired) electrons. The maximum absolute atomic E-state index is 12.3. The molecule has 0 unspecified atom stereocenters. The van der Waals surface area contributed by atoms with Crippen LogP contribution in [0, 0.1) is 0 Å². The highest BCUT2D eigenvalue weighted by molar-refractivity contribution is 9.10. The largest absolute Gasteiger partial charge is 0.291 e. The van der Waals surface area contributed by atoms with Crippen molar-refractivity contribution in [1.29, 1.82) is 0 Å². The van der Waals surface area contributed by atoms with Gasteiger partial charge >= 0.3 is 0 Å². The van der Waals surface area contributed by atoms with Crippen LogP contribution in [-0.4, -0.2) is 32.3 Å². The first-order valence-corrected chi connectivity index (χ1v) is 8.36. The number of thioether (sulfide) groups is 1. The van der Waals surface area contributed by atoms with Crippen LogP contribution in [0.5, 0.6) is 0 Å². The summed E-state index contributed by atoms with van der Waals surface area (Å²) in [5.74, 6) is 1.42. The molecule has 1 aromatic heterocycles. The smallest absolute Gasteiger partial charge is 0.193 e. The Bertz CT molecular complexity index is 585. The third-order valence-corrected chi connectivity index (χ3v) is 4.41. The summed E-state index contributed by atoms with van der Waals surface area (Å²) in [6.45, 7) is 4.05. The number of benzene rings is 1. The Morgan fingerprint density at radius 3 is 2.75 bits per heavy atom. The first-order valence-electron chi connectivity index (χ1n) is 6.41. The lowest BCUT2D eigenvalue weighted by molar-refractivity contribution is 0.101. The van der Waals surface area contributed by atoms with Gasteiger partial charge in [-0.05, 0) is 34.2 Å². The number of Topliss-reactive ketones (excluding diaryl/α,β-unsaturated/α-hetero) is 1. The van der Waals surface area contributed by atoms with Gasteiger partial charge in [0.15, 0.2) is 10.4 Å². The van der Waals surface area contributed by atoms with Crippen LogP contribution in [0.4, 0.5) is 0 Å². The Labute approximate surface area is 131 Å². The van der Waals surface area contributed by atoms with E-state index in [1.54, 1.807) is 16.4 Å². The fourth-order valence-electron chi connectivity index (χ4n) is 1.92. The molecule has 0 aliphatic heterocycles. The van der Waals surface area contributed by atoms with Gasteiger partial charge in [0.2, 0.25) is 0 Å². The number of carbonyl (C=O) groups excluding carboxylic acids is 1. The fourth-order valence-corrected chi connectivity index (χ4v) is 2.92. The fraction of sp³-hybridized carbons (Fsp3) is 0.357. The van der Waals surface area contributed by atoms with Crippen LogP contribution in [0.3, 0.4) is 0 Å². The maximum Gasteiger partial charge on any atom is 0.193 e. The first-order chi connectivity index (χ1) is 9.65. The highest BCUT2D eigenvalue weighted by atomic mass is 79.9. The minimum Gasteiger partial charge on any atom is -0.291 e. The van der Waals surface area contributed by atoms with Gasteiger partial charge < -0.3 is 0 Å². The van der Waals surface area contributed by atoms with Crippen LogP contribution in [-0.2, 0) is 0 Å². The van der Waals surface area contributed by atoms with Gasteiger partial charge in [0, 0.05) is 0 Å². The Balaban J connectivity index is 2.31. The van der Waals surface area contributed by atoms with Crippen molar-refractivity contribution >= 4 is 33.5 Å². The second-order valence-electron chi connectivity index (χ2n) is 4.32. The van der Waals surface area contributed by atoms with Crippen molar-refractivity contribution in [3.8, 4) is 0 Å². The van der Waals surface area contributed by atoms with Gasteiger partial charge in [0.1, 0.15) is 5.69 Å². The zero-order chi connectivity index (χ0) is 14.5. The quantitative estimate of drug-likeness (QED) is 0.744. The minimum absolute atomic E-state index is 0.0272. The van der Waals surface area contributed by atoms with Crippen LogP contribution in [0.2, 0.25) is 0 Å². The minimum atomic E-state index is -0.0272. The molecular formula is C14H16BrN3OS. The summed E-state index contributed by atoms with van der Waals surface area (Å²) in [6.07, 6.45) is 0. The number of hydrogen-bond acceptors (Lipinski definition) is 4. The van der Waals surface area contributed by atoms with Gasteiger partial charge in [-0.25, -0.2) is 4.68 Å². The Morgan fingerprint density at radius 2 is 2.10 bits per heavy atom. The molecule has 106 valence electrons. The summed E-state index contributed by atoms with van der Waals surface area (Å²) in [7, 11) is 0. The van der Waals surface area contributed by atoms with Gasteiger partial charge in [0.05, 0.1) is 11.8 Å². The van der Waals surface area contributed by atoms with Gasteiger partial charge in [-0.15, -0.1) is 5.10 Å². The Kier molecular flexibility index (Phi) is 5.37. The Morgan fingerprint density at radius 1 is 1.40 bits per heavy atom. The van der Waals surface area contributed by atoms with Crippen molar-refractivity contribution in [2.75, 3.05) is 11.5 Å². The van der Waals surface area contributed by atoms with E-state index in [2.05, 4.69) is 26.2 Å². The van der Waals surface area contributed by atoms with E-state index in [-0.39, 0.29) is 11.8 Å². The number of aromatic nitrogens is 3. The van der Waals surface area contributed by atoms with Gasteiger partial charge in [0.25, 0.3) is 0 Å².